The lowest BCUT2D eigenvalue weighted by Gasteiger charge is -2.08. The van der Waals surface area contributed by atoms with Crippen LogP contribution in [0.2, 0.25) is 0 Å². The molecule has 0 spiro atoms. The minimum absolute atomic E-state index is 0.0119. The highest BCUT2D eigenvalue weighted by molar-refractivity contribution is 8.05. The van der Waals surface area contributed by atoms with Crippen molar-refractivity contribution in [2.75, 3.05) is 0 Å². The lowest BCUT2D eigenvalue weighted by atomic mass is 10.4. The molecule has 0 saturated carbocycles. The third-order valence-electron chi connectivity index (χ3n) is 1.93. The number of hydrogen-bond acceptors (Lipinski definition) is 3. The summed E-state index contributed by atoms with van der Waals surface area (Å²) in [5.74, 6) is -0.0119. The number of allylic oxidation sites excluding steroid dienone is 2. The molecule has 78 valence electrons. The number of carbonyl (C=O) groups is 1. The van der Waals surface area contributed by atoms with Gasteiger partial charge in [0.25, 0.3) is 5.91 Å². The third-order valence-corrected chi connectivity index (χ3v) is 3.78. The Bertz CT molecular complexity index is 432. The molecule has 2 rings (SSSR count). The maximum absolute atomic E-state index is 11.7. The Morgan fingerprint density at radius 3 is 2.93 bits per heavy atom. The second-order valence-corrected chi connectivity index (χ2v) is 5.39. The van der Waals surface area contributed by atoms with E-state index in [-0.39, 0.29) is 5.91 Å². The predicted molar refractivity (Wildman–Crippen MR) is 66.0 cm³/mol. The van der Waals surface area contributed by atoms with Gasteiger partial charge < -0.3 is 5.32 Å². The highest BCUT2D eigenvalue weighted by atomic mass is 32.2. The Kier molecular flexibility index (Phi) is 3.28. The average Bonchev–Trinajstić information content (AvgIpc) is 2.66. The van der Waals surface area contributed by atoms with Crippen LogP contribution >= 0.6 is 23.1 Å². The van der Waals surface area contributed by atoms with Crippen LogP contribution in [0.1, 0.15) is 21.0 Å². The standard InChI is InChI=1S/C11H11NOS2/c1-8-5-6-9(15-8)11(13)12-10-4-2-3-7-14-10/h3-7H,2H2,1H3,(H,12,13). The van der Waals surface area contributed by atoms with Crippen molar-refractivity contribution < 1.29 is 4.79 Å². The second-order valence-electron chi connectivity index (χ2n) is 3.16. The van der Waals surface area contributed by atoms with Gasteiger partial charge in [-0.1, -0.05) is 23.9 Å². The van der Waals surface area contributed by atoms with Crippen LogP contribution < -0.4 is 5.32 Å². The van der Waals surface area contributed by atoms with E-state index in [4.69, 9.17) is 0 Å². The van der Waals surface area contributed by atoms with E-state index < -0.39 is 0 Å². The van der Waals surface area contributed by atoms with Crippen LogP contribution in [0.25, 0.3) is 0 Å². The molecule has 2 nitrogen and oxygen atoms in total. The quantitative estimate of drug-likeness (QED) is 0.855. The van der Waals surface area contributed by atoms with E-state index in [1.54, 1.807) is 11.8 Å². The maximum atomic E-state index is 11.7. The fourth-order valence-electron chi connectivity index (χ4n) is 1.21. The van der Waals surface area contributed by atoms with Crippen molar-refractivity contribution in [2.45, 2.75) is 13.3 Å². The lowest BCUT2D eigenvalue weighted by molar-refractivity contribution is 0.0972. The molecule has 1 amide bonds. The molecular formula is C11H11NOS2. The Hall–Kier alpha value is -1.000. The number of amides is 1. The van der Waals surface area contributed by atoms with Gasteiger partial charge >= 0.3 is 0 Å². The lowest BCUT2D eigenvalue weighted by Crippen LogP contribution is -2.20. The van der Waals surface area contributed by atoms with Crippen LogP contribution in [0.4, 0.5) is 0 Å². The molecule has 0 bridgehead atoms. The minimum atomic E-state index is -0.0119. The van der Waals surface area contributed by atoms with Crippen molar-refractivity contribution in [2.24, 2.45) is 0 Å². The Morgan fingerprint density at radius 2 is 2.33 bits per heavy atom. The zero-order chi connectivity index (χ0) is 10.7. The van der Waals surface area contributed by atoms with E-state index in [2.05, 4.69) is 11.4 Å². The molecule has 4 heteroatoms. The Balaban J connectivity index is 2.01. The summed E-state index contributed by atoms with van der Waals surface area (Å²) >= 11 is 3.06. The van der Waals surface area contributed by atoms with Gasteiger partial charge in [-0.3, -0.25) is 4.79 Å². The molecule has 1 aliphatic heterocycles. The first-order chi connectivity index (χ1) is 7.25. The highest BCUT2D eigenvalue weighted by Gasteiger charge is 2.10. The molecule has 1 aromatic rings. The monoisotopic (exact) mass is 237 g/mol. The van der Waals surface area contributed by atoms with Crippen LogP contribution in [-0.2, 0) is 0 Å². The molecule has 2 heterocycles. The molecule has 0 atom stereocenters. The smallest absolute Gasteiger partial charge is 0.266 e. The average molecular weight is 237 g/mol. The zero-order valence-corrected chi connectivity index (χ0v) is 9.95. The van der Waals surface area contributed by atoms with Crippen LogP contribution in [0.5, 0.6) is 0 Å². The first-order valence-electron chi connectivity index (χ1n) is 4.65. The highest BCUT2D eigenvalue weighted by Crippen LogP contribution is 2.21. The maximum Gasteiger partial charge on any atom is 0.266 e. The van der Waals surface area contributed by atoms with Gasteiger partial charge in [0.1, 0.15) is 0 Å². The molecule has 1 aromatic heterocycles. The fraction of sp³-hybridized carbons (Fsp3) is 0.182. The summed E-state index contributed by atoms with van der Waals surface area (Å²) in [5, 5.41) is 5.81. The molecular weight excluding hydrogens is 226 g/mol. The first kappa shape index (κ1) is 10.5. The van der Waals surface area contributed by atoms with Crippen LogP contribution in [-0.4, -0.2) is 5.91 Å². The summed E-state index contributed by atoms with van der Waals surface area (Å²) in [4.78, 5) is 13.7. The van der Waals surface area contributed by atoms with E-state index in [1.807, 2.05) is 30.5 Å². The van der Waals surface area contributed by atoms with Gasteiger partial charge in [-0.2, -0.15) is 0 Å². The molecule has 0 fully saturated rings. The molecule has 15 heavy (non-hydrogen) atoms. The molecule has 1 aliphatic rings. The van der Waals surface area contributed by atoms with Gasteiger partial charge in [-0.25, -0.2) is 0 Å². The summed E-state index contributed by atoms with van der Waals surface area (Å²) < 4.78 is 0. The number of thiophene rings is 1. The van der Waals surface area contributed by atoms with E-state index in [0.29, 0.717) is 0 Å². The Labute approximate surface area is 97.1 Å². The summed E-state index contributed by atoms with van der Waals surface area (Å²) in [6.07, 6.45) is 4.98. The van der Waals surface area contributed by atoms with Crippen LogP contribution in [0, 0.1) is 6.92 Å². The van der Waals surface area contributed by atoms with Crippen molar-refractivity contribution in [1.29, 1.82) is 0 Å². The van der Waals surface area contributed by atoms with Crippen molar-refractivity contribution in [3.63, 3.8) is 0 Å². The Morgan fingerprint density at radius 1 is 1.47 bits per heavy atom. The van der Waals surface area contributed by atoms with Crippen LogP contribution in [0.15, 0.2) is 34.7 Å². The molecule has 0 aromatic carbocycles. The summed E-state index contributed by atoms with van der Waals surface area (Å²) in [6, 6.07) is 3.82. The van der Waals surface area contributed by atoms with Gasteiger partial charge in [0.05, 0.1) is 9.91 Å². The van der Waals surface area contributed by atoms with Crippen molar-refractivity contribution in [3.05, 3.63) is 44.5 Å². The minimum Gasteiger partial charge on any atom is -0.316 e. The van der Waals surface area contributed by atoms with E-state index in [9.17, 15) is 4.79 Å². The topological polar surface area (TPSA) is 29.1 Å². The number of aryl methyl sites for hydroxylation is 1. The van der Waals surface area contributed by atoms with E-state index in [0.717, 1.165) is 21.2 Å². The summed E-state index contributed by atoms with van der Waals surface area (Å²) in [6.45, 7) is 2.00. The van der Waals surface area contributed by atoms with Crippen molar-refractivity contribution in [1.82, 2.24) is 5.32 Å². The first-order valence-corrected chi connectivity index (χ1v) is 6.35. The zero-order valence-electron chi connectivity index (χ0n) is 8.32. The molecule has 1 N–H and O–H groups in total. The predicted octanol–water partition coefficient (Wildman–Crippen LogP) is 3.28. The fourth-order valence-corrected chi connectivity index (χ4v) is 2.67. The number of thioether (sulfide) groups is 1. The molecule has 0 unspecified atom stereocenters. The molecule has 0 saturated heterocycles. The van der Waals surface area contributed by atoms with Gasteiger partial charge in [-0.15, -0.1) is 11.3 Å². The van der Waals surface area contributed by atoms with Crippen LogP contribution in [0.3, 0.4) is 0 Å². The van der Waals surface area contributed by atoms with E-state index in [1.165, 1.54) is 11.3 Å². The molecule has 0 radical (unpaired) electrons. The SMILES string of the molecule is Cc1ccc(C(=O)NC2=CCC=CS2)s1. The van der Waals surface area contributed by atoms with Crippen molar-refractivity contribution in [3.8, 4) is 0 Å². The number of hydrogen-bond donors (Lipinski definition) is 1. The largest absolute Gasteiger partial charge is 0.316 e. The summed E-state index contributed by atoms with van der Waals surface area (Å²) in [5.41, 5.74) is 0. The van der Waals surface area contributed by atoms with E-state index >= 15 is 0 Å². The normalized spacial score (nSPS) is 14.9. The van der Waals surface area contributed by atoms with Crippen molar-refractivity contribution >= 4 is 29.0 Å². The van der Waals surface area contributed by atoms with Gasteiger partial charge in [0.2, 0.25) is 0 Å². The number of rotatable bonds is 2. The second kappa shape index (κ2) is 4.68. The van der Waals surface area contributed by atoms with Gasteiger partial charge in [0.15, 0.2) is 0 Å². The molecule has 0 aliphatic carbocycles. The summed E-state index contributed by atoms with van der Waals surface area (Å²) in [7, 11) is 0. The number of nitrogens with one attached hydrogen (secondary N) is 1. The van der Waals surface area contributed by atoms with Gasteiger partial charge in [-0.05, 0) is 30.9 Å². The third kappa shape index (κ3) is 2.73. The number of carbonyl (C=O) groups excluding carboxylic acids is 1. The van der Waals surface area contributed by atoms with Gasteiger partial charge in [0, 0.05) is 4.88 Å².